The van der Waals surface area contributed by atoms with Gasteiger partial charge in [-0.2, -0.15) is 0 Å². The van der Waals surface area contributed by atoms with Crippen LogP contribution in [0.2, 0.25) is 0 Å². The molecule has 0 fully saturated rings. The Balaban J connectivity index is 2.67. The van der Waals surface area contributed by atoms with Gasteiger partial charge in [-0.15, -0.1) is 0 Å². The summed E-state index contributed by atoms with van der Waals surface area (Å²) in [6.45, 7) is 4.73. The van der Waals surface area contributed by atoms with Gasteiger partial charge in [0.05, 0.1) is 6.61 Å². The zero-order valence-electron chi connectivity index (χ0n) is 7.96. The Kier molecular flexibility index (Phi) is 4.22. The molecular formula is C10H14BrNO. The first-order chi connectivity index (χ1) is 6.22. The van der Waals surface area contributed by atoms with Crippen molar-refractivity contribution < 1.29 is 4.74 Å². The minimum absolute atomic E-state index is 0.455. The third-order valence-corrected chi connectivity index (χ3v) is 1.89. The topological polar surface area (TPSA) is 22.1 Å². The van der Waals surface area contributed by atoms with Crippen LogP contribution in [0.4, 0.5) is 0 Å². The van der Waals surface area contributed by atoms with Crippen LogP contribution in [0.5, 0.6) is 5.88 Å². The number of nitrogens with zero attached hydrogens (tertiary/aromatic N) is 1. The molecule has 1 atom stereocenters. The van der Waals surface area contributed by atoms with Gasteiger partial charge in [0.25, 0.3) is 0 Å². The largest absolute Gasteiger partial charge is 0.478 e. The second kappa shape index (κ2) is 5.22. The Labute approximate surface area is 87.5 Å². The van der Waals surface area contributed by atoms with Gasteiger partial charge < -0.3 is 4.74 Å². The van der Waals surface area contributed by atoms with E-state index in [-0.39, 0.29) is 0 Å². The van der Waals surface area contributed by atoms with Crippen molar-refractivity contribution in [3.63, 3.8) is 0 Å². The molecule has 0 aliphatic heterocycles. The highest BCUT2D eigenvalue weighted by Crippen LogP contribution is 2.11. The van der Waals surface area contributed by atoms with Gasteiger partial charge in [-0.3, -0.25) is 0 Å². The number of halogens is 1. The Morgan fingerprint density at radius 2 is 2.31 bits per heavy atom. The fourth-order valence-electron chi connectivity index (χ4n) is 1.09. The summed E-state index contributed by atoms with van der Waals surface area (Å²) in [6, 6.07) is 5.87. The SMILES string of the molecule is CCOc1cccc(CC(C)Br)n1. The van der Waals surface area contributed by atoms with Crippen LogP contribution >= 0.6 is 15.9 Å². The zero-order valence-corrected chi connectivity index (χ0v) is 9.54. The van der Waals surface area contributed by atoms with E-state index in [1.54, 1.807) is 0 Å². The fraction of sp³-hybridized carbons (Fsp3) is 0.500. The highest BCUT2D eigenvalue weighted by Gasteiger charge is 2.01. The molecule has 3 heteroatoms. The maximum atomic E-state index is 5.30. The summed E-state index contributed by atoms with van der Waals surface area (Å²) in [6.07, 6.45) is 0.931. The van der Waals surface area contributed by atoms with Crippen molar-refractivity contribution >= 4 is 15.9 Å². The van der Waals surface area contributed by atoms with Crippen LogP contribution in [0.15, 0.2) is 18.2 Å². The molecule has 0 aliphatic carbocycles. The minimum atomic E-state index is 0.455. The molecule has 1 aromatic heterocycles. The number of ether oxygens (including phenoxy) is 1. The Morgan fingerprint density at radius 1 is 1.54 bits per heavy atom. The van der Waals surface area contributed by atoms with Crippen LogP contribution in [0.1, 0.15) is 19.5 Å². The summed E-state index contributed by atoms with van der Waals surface area (Å²) in [4.78, 5) is 4.81. The van der Waals surface area contributed by atoms with Gasteiger partial charge in [0.1, 0.15) is 0 Å². The molecule has 1 rings (SSSR count). The van der Waals surface area contributed by atoms with Gasteiger partial charge in [-0.05, 0) is 13.0 Å². The third-order valence-electron chi connectivity index (χ3n) is 1.56. The number of aromatic nitrogens is 1. The number of hydrogen-bond acceptors (Lipinski definition) is 2. The summed E-state index contributed by atoms with van der Waals surface area (Å²) in [5.41, 5.74) is 1.07. The summed E-state index contributed by atoms with van der Waals surface area (Å²) < 4.78 is 5.30. The van der Waals surface area contributed by atoms with Gasteiger partial charge in [0, 0.05) is 23.0 Å². The maximum absolute atomic E-state index is 5.30. The van der Waals surface area contributed by atoms with Gasteiger partial charge >= 0.3 is 0 Å². The normalized spacial score (nSPS) is 12.5. The van der Waals surface area contributed by atoms with Crippen molar-refractivity contribution in [2.24, 2.45) is 0 Å². The van der Waals surface area contributed by atoms with Crippen molar-refractivity contribution in [1.29, 1.82) is 0 Å². The molecule has 13 heavy (non-hydrogen) atoms. The minimum Gasteiger partial charge on any atom is -0.478 e. The van der Waals surface area contributed by atoms with E-state index in [0.717, 1.165) is 12.1 Å². The average Bonchev–Trinajstić information content (AvgIpc) is 2.04. The van der Waals surface area contributed by atoms with Crippen LogP contribution in [-0.2, 0) is 6.42 Å². The number of pyridine rings is 1. The van der Waals surface area contributed by atoms with Crippen LogP contribution in [0.3, 0.4) is 0 Å². The third kappa shape index (κ3) is 3.77. The number of alkyl halides is 1. The van der Waals surface area contributed by atoms with E-state index in [4.69, 9.17) is 4.74 Å². The van der Waals surface area contributed by atoms with E-state index in [9.17, 15) is 0 Å². The van der Waals surface area contributed by atoms with E-state index in [2.05, 4.69) is 27.8 Å². The first-order valence-electron chi connectivity index (χ1n) is 4.45. The summed E-state index contributed by atoms with van der Waals surface area (Å²) in [5, 5.41) is 0. The van der Waals surface area contributed by atoms with Crippen molar-refractivity contribution in [2.75, 3.05) is 6.61 Å². The second-order valence-corrected chi connectivity index (χ2v) is 4.45. The van der Waals surface area contributed by atoms with E-state index in [1.807, 2.05) is 25.1 Å². The fourth-order valence-corrected chi connectivity index (χ4v) is 1.42. The molecule has 1 heterocycles. The lowest BCUT2D eigenvalue weighted by Gasteiger charge is -2.05. The molecule has 0 N–H and O–H groups in total. The lowest BCUT2D eigenvalue weighted by atomic mass is 10.2. The van der Waals surface area contributed by atoms with Gasteiger partial charge in [-0.25, -0.2) is 4.98 Å². The molecule has 1 aromatic rings. The highest BCUT2D eigenvalue weighted by molar-refractivity contribution is 9.09. The zero-order chi connectivity index (χ0) is 9.68. The predicted molar refractivity (Wildman–Crippen MR) is 57.5 cm³/mol. The van der Waals surface area contributed by atoms with Crippen molar-refractivity contribution in [3.8, 4) is 5.88 Å². The van der Waals surface area contributed by atoms with Gasteiger partial charge in [0.2, 0.25) is 5.88 Å². The van der Waals surface area contributed by atoms with Crippen LogP contribution < -0.4 is 4.74 Å². The molecule has 1 unspecified atom stereocenters. The highest BCUT2D eigenvalue weighted by atomic mass is 79.9. The summed E-state index contributed by atoms with van der Waals surface area (Å²) in [7, 11) is 0. The lowest BCUT2D eigenvalue weighted by molar-refractivity contribution is 0.326. The lowest BCUT2D eigenvalue weighted by Crippen LogP contribution is -2.01. The molecule has 0 amide bonds. The quantitative estimate of drug-likeness (QED) is 0.760. The number of rotatable bonds is 4. The van der Waals surface area contributed by atoms with Crippen molar-refractivity contribution in [2.45, 2.75) is 25.1 Å². The first kappa shape index (κ1) is 10.5. The smallest absolute Gasteiger partial charge is 0.213 e. The Hall–Kier alpha value is -0.570. The molecule has 0 saturated heterocycles. The average molecular weight is 244 g/mol. The summed E-state index contributed by atoms with van der Waals surface area (Å²) >= 11 is 3.49. The van der Waals surface area contributed by atoms with E-state index in [0.29, 0.717) is 17.3 Å². The first-order valence-corrected chi connectivity index (χ1v) is 5.36. The molecule has 0 saturated carbocycles. The molecular weight excluding hydrogens is 230 g/mol. The standard InChI is InChI=1S/C10H14BrNO/c1-3-13-10-6-4-5-9(12-10)7-8(2)11/h4-6,8H,3,7H2,1-2H3. The van der Waals surface area contributed by atoms with Crippen molar-refractivity contribution in [1.82, 2.24) is 4.98 Å². The Morgan fingerprint density at radius 3 is 2.92 bits per heavy atom. The molecule has 0 bridgehead atoms. The van der Waals surface area contributed by atoms with Crippen LogP contribution in [0, 0.1) is 0 Å². The molecule has 0 radical (unpaired) electrons. The van der Waals surface area contributed by atoms with E-state index in [1.165, 1.54) is 0 Å². The molecule has 0 aromatic carbocycles. The Bertz CT molecular complexity index is 263. The molecule has 2 nitrogen and oxygen atoms in total. The molecule has 0 spiro atoms. The van der Waals surface area contributed by atoms with E-state index >= 15 is 0 Å². The van der Waals surface area contributed by atoms with Crippen LogP contribution in [0.25, 0.3) is 0 Å². The maximum Gasteiger partial charge on any atom is 0.213 e. The predicted octanol–water partition coefficient (Wildman–Crippen LogP) is 2.81. The summed E-state index contributed by atoms with van der Waals surface area (Å²) in [5.74, 6) is 0.716. The number of hydrogen-bond donors (Lipinski definition) is 0. The van der Waals surface area contributed by atoms with E-state index < -0.39 is 0 Å². The van der Waals surface area contributed by atoms with Gasteiger partial charge in [0.15, 0.2) is 0 Å². The second-order valence-electron chi connectivity index (χ2n) is 2.89. The van der Waals surface area contributed by atoms with Crippen LogP contribution in [-0.4, -0.2) is 16.4 Å². The molecule has 0 aliphatic rings. The van der Waals surface area contributed by atoms with Crippen molar-refractivity contribution in [3.05, 3.63) is 23.9 Å². The monoisotopic (exact) mass is 243 g/mol. The van der Waals surface area contributed by atoms with Gasteiger partial charge in [-0.1, -0.05) is 28.9 Å². The molecule has 72 valence electrons.